The van der Waals surface area contributed by atoms with Crippen LogP contribution in [0.2, 0.25) is 0 Å². The summed E-state index contributed by atoms with van der Waals surface area (Å²) in [4.78, 5) is 12.8. The zero-order valence-corrected chi connectivity index (χ0v) is 14.4. The topological polar surface area (TPSA) is 64.4 Å². The zero-order chi connectivity index (χ0) is 17.8. The predicted molar refractivity (Wildman–Crippen MR) is 95.6 cm³/mol. The molecule has 2 aromatic carbocycles. The van der Waals surface area contributed by atoms with Crippen molar-refractivity contribution in [2.75, 3.05) is 7.11 Å². The molecule has 25 heavy (non-hydrogen) atoms. The van der Waals surface area contributed by atoms with Crippen LogP contribution in [0.1, 0.15) is 34.6 Å². The van der Waals surface area contributed by atoms with E-state index < -0.39 is 0 Å². The first kappa shape index (κ1) is 16.8. The van der Waals surface area contributed by atoms with E-state index in [-0.39, 0.29) is 11.9 Å². The lowest BCUT2D eigenvalue weighted by molar-refractivity contribution is 0.0939. The monoisotopic (exact) mass is 336 g/mol. The van der Waals surface area contributed by atoms with Gasteiger partial charge in [0.05, 0.1) is 13.2 Å². The number of aryl methyl sites for hydroxylation is 1. The average Bonchev–Trinajstić information content (AvgIpc) is 3.04. The number of amides is 1. The predicted octanol–water partition coefficient (Wildman–Crippen LogP) is 4.15. The Balaban J connectivity index is 1.82. The molecule has 3 rings (SSSR count). The fourth-order valence-electron chi connectivity index (χ4n) is 2.68. The van der Waals surface area contributed by atoms with Crippen molar-refractivity contribution in [2.45, 2.75) is 19.9 Å². The first-order valence-corrected chi connectivity index (χ1v) is 8.06. The first-order chi connectivity index (χ1) is 12.1. The van der Waals surface area contributed by atoms with E-state index in [4.69, 9.17) is 9.26 Å². The Hall–Kier alpha value is -3.08. The van der Waals surface area contributed by atoms with Gasteiger partial charge in [-0.2, -0.15) is 0 Å². The highest BCUT2D eigenvalue weighted by atomic mass is 16.5. The molecule has 0 aliphatic carbocycles. The Morgan fingerprint density at radius 2 is 1.80 bits per heavy atom. The molecule has 5 nitrogen and oxygen atoms in total. The lowest BCUT2D eigenvalue weighted by Gasteiger charge is -2.15. The fraction of sp³-hybridized carbons (Fsp3) is 0.200. The summed E-state index contributed by atoms with van der Waals surface area (Å²) in [5, 5.41) is 7.06. The summed E-state index contributed by atoms with van der Waals surface area (Å²) < 4.78 is 10.4. The van der Waals surface area contributed by atoms with Crippen LogP contribution in [0.5, 0.6) is 5.75 Å². The third-order valence-electron chi connectivity index (χ3n) is 4.10. The zero-order valence-electron chi connectivity index (χ0n) is 14.4. The first-order valence-electron chi connectivity index (χ1n) is 8.06. The van der Waals surface area contributed by atoms with Crippen LogP contribution >= 0.6 is 0 Å². The second kappa shape index (κ2) is 7.21. The number of carbonyl (C=O) groups is 1. The van der Waals surface area contributed by atoms with Gasteiger partial charge in [-0.15, -0.1) is 0 Å². The largest absolute Gasteiger partial charge is 0.497 e. The molecule has 3 aromatic rings. The Morgan fingerprint density at radius 1 is 1.12 bits per heavy atom. The van der Waals surface area contributed by atoms with Crippen molar-refractivity contribution >= 4 is 5.91 Å². The molecule has 0 bridgehead atoms. The van der Waals surface area contributed by atoms with Gasteiger partial charge in [-0.25, -0.2) is 0 Å². The number of hydrogen-bond donors (Lipinski definition) is 1. The smallest absolute Gasteiger partial charge is 0.257 e. The van der Waals surface area contributed by atoms with E-state index >= 15 is 0 Å². The van der Waals surface area contributed by atoms with Gasteiger partial charge in [0.1, 0.15) is 22.8 Å². The van der Waals surface area contributed by atoms with Crippen molar-refractivity contribution in [2.24, 2.45) is 0 Å². The highest BCUT2D eigenvalue weighted by Crippen LogP contribution is 2.26. The van der Waals surface area contributed by atoms with Crippen LogP contribution in [0, 0.1) is 6.92 Å². The lowest BCUT2D eigenvalue weighted by atomic mass is 10.0. The summed E-state index contributed by atoms with van der Waals surface area (Å²) in [5.41, 5.74) is 2.86. The highest BCUT2D eigenvalue weighted by molar-refractivity contribution is 6.00. The molecule has 0 spiro atoms. The molecule has 1 aromatic heterocycles. The highest BCUT2D eigenvalue weighted by Gasteiger charge is 2.23. The Labute approximate surface area is 146 Å². The Kier molecular flexibility index (Phi) is 4.84. The molecule has 0 saturated heterocycles. The quantitative estimate of drug-likeness (QED) is 0.760. The molecular formula is C20H20N2O3. The van der Waals surface area contributed by atoms with Gasteiger partial charge in [-0.3, -0.25) is 4.79 Å². The number of nitrogens with zero attached hydrogens (tertiary/aromatic N) is 1. The SMILES string of the molecule is COc1ccc([C@H](C)NC(=O)c2c(-c3ccccc3)noc2C)cc1. The van der Waals surface area contributed by atoms with Gasteiger partial charge in [0, 0.05) is 5.56 Å². The maximum atomic E-state index is 12.8. The summed E-state index contributed by atoms with van der Waals surface area (Å²) in [6.45, 7) is 3.68. The summed E-state index contributed by atoms with van der Waals surface area (Å²) in [7, 11) is 1.63. The molecule has 1 amide bonds. The van der Waals surface area contributed by atoms with Gasteiger partial charge in [-0.1, -0.05) is 47.6 Å². The molecule has 0 radical (unpaired) electrons. The molecule has 1 atom stereocenters. The normalized spacial score (nSPS) is 11.8. The molecule has 0 aliphatic heterocycles. The minimum atomic E-state index is -0.207. The van der Waals surface area contributed by atoms with E-state index in [1.54, 1.807) is 14.0 Å². The van der Waals surface area contributed by atoms with Crippen molar-refractivity contribution in [3.05, 3.63) is 71.5 Å². The van der Waals surface area contributed by atoms with Crippen molar-refractivity contribution in [1.82, 2.24) is 10.5 Å². The summed E-state index contributed by atoms with van der Waals surface area (Å²) in [5.74, 6) is 1.07. The molecule has 0 saturated carbocycles. The number of benzene rings is 2. The maximum absolute atomic E-state index is 12.8. The van der Waals surface area contributed by atoms with E-state index in [0.29, 0.717) is 17.0 Å². The third-order valence-corrected chi connectivity index (χ3v) is 4.10. The lowest BCUT2D eigenvalue weighted by Crippen LogP contribution is -2.27. The molecule has 0 aliphatic rings. The molecule has 1 N–H and O–H groups in total. The van der Waals surface area contributed by atoms with Crippen LogP contribution < -0.4 is 10.1 Å². The van der Waals surface area contributed by atoms with E-state index in [1.165, 1.54) is 0 Å². The molecule has 0 fully saturated rings. The van der Waals surface area contributed by atoms with Gasteiger partial charge >= 0.3 is 0 Å². The maximum Gasteiger partial charge on any atom is 0.257 e. The Morgan fingerprint density at radius 3 is 2.44 bits per heavy atom. The van der Waals surface area contributed by atoms with Crippen LogP contribution in [0.4, 0.5) is 0 Å². The average molecular weight is 336 g/mol. The standard InChI is InChI=1S/C20H20N2O3/c1-13(15-9-11-17(24-3)12-10-15)21-20(23)18-14(2)25-22-19(18)16-7-5-4-6-8-16/h4-13H,1-3H3,(H,21,23)/t13-/m0/s1. The van der Waals surface area contributed by atoms with Gasteiger partial charge < -0.3 is 14.6 Å². The summed E-state index contributed by atoms with van der Waals surface area (Å²) >= 11 is 0. The minimum absolute atomic E-state index is 0.156. The number of aromatic nitrogens is 1. The van der Waals surface area contributed by atoms with E-state index in [0.717, 1.165) is 16.9 Å². The molecule has 5 heteroatoms. The van der Waals surface area contributed by atoms with Crippen LogP contribution in [0.25, 0.3) is 11.3 Å². The Bertz CT molecular complexity index is 854. The number of ether oxygens (including phenoxy) is 1. The third kappa shape index (κ3) is 3.55. The van der Waals surface area contributed by atoms with Crippen LogP contribution in [-0.4, -0.2) is 18.2 Å². The number of hydrogen-bond acceptors (Lipinski definition) is 4. The van der Waals surface area contributed by atoms with Crippen molar-refractivity contribution in [3.8, 4) is 17.0 Å². The molecule has 1 heterocycles. The van der Waals surface area contributed by atoms with E-state index in [9.17, 15) is 4.79 Å². The van der Waals surface area contributed by atoms with E-state index in [1.807, 2.05) is 61.5 Å². The molecule has 128 valence electrons. The van der Waals surface area contributed by atoms with Crippen molar-refractivity contribution < 1.29 is 14.1 Å². The number of carbonyl (C=O) groups excluding carboxylic acids is 1. The summed E-state index contributed by atoms with van der Waals surface area (Å²) in [6, 6.07) is 17.0. The molecular weight excluding hydrogens is 316 g/mol. The minimum Gasteiger partial charge on any atom is -0.497 e. The number of rotatable bonds is 5. The van der Waals surface area contributed by atoms with Crippen molar-refractivity contribution in [3.63, 3.8) is 0 Å². The van der Waals surface area contributed by atoms with Gasteiger partial charge in [0.15, 0.2) is 0 Å². The van der Waals surface area contributed by atoms with Crippen LogP contribution in [0.3, 0.4) is 0 Å². The van der Waals surface area contributed by atoms with Gasteiger partial charge in [-0.05, 0) is 31.5 Å². The second-order valence-electron chi connectivity index (χ2n) is 5.80. The number of methoxy groups -OCH3 is 1. The van der Waals surface area contributed by atoms with Crippen molar-refractivity contribution in [1.29, 1.82) is 0 Å². The van der Waals surface area contributed by atoms with Gasteiger partial charge in [0.25, 0.3) is 5.91 Å². The number of nitrogens with one attached hydrogen (secondary N) is 1. The van der Waals surface area contributed by atoms with Crippen LogP contribution in [-0.2, 0) is 0 Å². The van der Waals surface area contributed by atoms with Crippen LogP contribution in [0.15, 0.2) is 59.1 Å². The van der Waals surface area contributed by atoms with Gasteiger partial charge in [0.2, 0.25) is 0 Å². The second-order valence-corrected chi connectivity index (χ2v) is 5.80. The summed E-state index contributed by atoms with van der Waals surface area (Å²) in [6.07, 6.45) is 0. The van der Waals surface area contributed by atoms with E-state index in [2.05, 4.69) is 10.5 Å². The molecule has 0 unspecified atom stereocenters. The fourth-order valence-corrected chi connectivity index (χ4v) is 2.68.